The number of hydrogen-bond acceptors (Lipinski definition) is 5. The molecule has 124 valence electrons. The van der Waals surface area contributed by atoms with Crippen LogP contribution in [0, 0.1) is 6.92 Å². The number of nitrogens with one attached hydrogen (secondary N) is 1. The molecule has 0 fully saturated rings. The fourth-order valence-electron chi connectivity index (χ4n) is 2.77. The van der Waals surface area contributed by atoms with E-state index in [0.29, 0.717) is 16.5 Å². The van der Waals surface area contributed by atoms with E-state index >= 15 is 0 Å². The summed E-state index contributed by atoms with van der Waals surface area (Å²) in [6.07, 6.45) is 0. The van der Waals surface area contributed by atoms with Crippen molar-refractivity contribution in [1.29, 1.82) is 0 Å². The summed E-state index contributed by atoms with van der Waals surface area (Å²) in [4.78, 5) is 31.3. The van der Waals surface area contributed by atoms with Crippen molar-refractivity contribution >= 4 is 27.8 Å². The third kappa shape index (κ3) is 2.67. The summed E-state index contributed by atoms with van der Waals surface area (Å²) in [6.45, 7) is 1.66. The second kappa shape index (κ2) is 5.90. The predicted molar refractivity (Wildman–Crippen MR) is 92.4 cm³/mol. The number of rotatable bonds is 3. The lowest BCUT2D eigenvalue weighted by molar-refractivity contribution is 0.0427. The number of fused-ring (bicyclic) bond motifs is 2. The molecule has 0 radical (unpaired) electrons. The summed E-state index contributed by atoms with van der Waals surface area (Å²) in [5.41, 5.74) is 1.64. The van der Waals surface area contributed by atoms with Crippen LogP contribution in [0.5, 0.6) is 0 Å². The fourth-order valence-corrected chi connectivity index (χ4v) is 2.77. The average molecular weight is 334 g/mol. The molecule has 0 bridgehead atoms. The number of benzene rings is 2. The lowest BCUT2D eigenvalue weighted by Crippen LogP contribution is -2.14. The van der Waals surface area contributed by atoms with Gasteiger partial charge in [-0.2, -0.15) is 0 Å². The number of carbonyl (C=O) groups excluding carboxylic acids is 1. The van der Waals surface area contributed by atoms with Gasteiger partial charge in [0.25, 0.3) is 5.56 Å². The first-order valence-electron chi connectivity index (χ1n) is 7.76. The number of aryl methyl sites for hydroxylation is 1. The molecular weight excluding hydrogens is 320 g/mol. The number of H-pyrrole nitrogens is 1. The number of carbonyl (C=O) groups is 1. The SMILES string of the molecule is Cc1c(C(=O)OCc2nc3ccccc3c(=O)[nH]2)oc2ccccc12. The first-order valence-corrected chi connectivity index (χ1v) is 7.76. The molecule has 0 spiro atoms. The highest BCUT2D eigenvalue weighted by molar-refractivity contribution is 5.95. The molecule has 0 saturated heterocycles. The number of aromatic nitrogens is 2. The number of esters is 1. The molecule has 0 saturated carbocycles. The lowest BCUT2D eigenvalue weighted by atomic mass is 10.1. The Morgan fingerprint density at radius 2 is 1.84 bits per heavy atom. The van der Waals surface area contributed by atoms with Gasteiger partial charge in [-0.15, -0.1) is 0 Å². The summed E-state index contributed by atoms with van der Waals surface area (Å²) in [5, 5.41) is 1.36. The van der Waals surface area contributed by atoms with E-state index < -0.39 is 5.97 Å². The number of para-hydroxylation sites is 2. The first kappa shape index (κ1) is 15.1. The van der Waals surface area contributed by atoms with Crippen molar-refractivity contribution in [2.75, 3.05) is 0 Å². The summed E-state index contributed by atoms with van der Waals surface area (Å²) in [7, 11) is 0. The Balaban J connectivity index is 1.59. The average Bonchev–Trinajstić information content (AvgIpc) is 2.97. The highest BCUT2D eigenvalue weighted by atomic mass is 16.5. The standard InChI is InChI=1S/C19H14N2O4/c1-11-12-6-3-5-9-15(12)25-17(11)19(23)24-10-16-20-14-8-4-2-7-13(14)18(22)21-16/h2-9H,10H2,1H3,(H,20,21,22). The first-order chi connectivity index (χ1) is 12.1. The van der Waals surface area contributed by atoms with Crippen LogP contribution in [-0.2, 0) is 11.3 Å². The van der Waals surface area contributed by atoms with Crippen LogP contribution < -0.4 is 5.56 Å². The van der Waals surface area contributed by atoms with Gasteiger partial charge in [0.15, 0.2) is 0 Å². The van der Waals surface area contributed by atoms with Gasteiger partial charge in [-0.25, -0.2) is 9.78 Å². The zero-order valence-electron chi connectivity index (χ0n) is 13.4. The number of furan rings is 1. The maximum Gasteiger partial charge on any atom is 0.375 e. The van der Waals surface area contributed by atoms with Gasteiger partial charge in [0.05, 0.1) is 10.9 Å². The third-order valence-corrected chi connectivity index (χ3v) is 4.03. The monoisotopic (exact) mass is 334 g/mol. The molecular formula is C19H14N2O4. The summed E-state index contributed by atoms with van der Waals surface area (Å²) >= 11 is 0. The minimum Gasteiger partial charge on any atom is -0.452 e. The Morgan fingerprint density at radius 1 is 1.12 bits per heavy atom. The van der Waals surface area contributed by atoms with Crippen molar-refractivity contribution in [1.82, 2.24) is 9.97 Å². The third-order valence-electron chi connectivity index (χ3n) is 4.03. The molecule has 0 aliphatic heterocycles. The second-order valence-electron chi connectivity index (χ2n) is 5.66. The number of aromatic amines is 1. The van der Waals surface area contributed by atoms with Crippen LogP contribution in [0.2, 0.25) is 0 Å². The van der Waals surface area contributed by atoms with Crippen molar-refractivity contribution in [2.45, 2.75) is 13.5 Å². The van der Waals surface area contributed by atoms with Gasteiger partial charge >= 0.3 is 5.97 Å². The Bertz CT molecular complexity index is 1160. The molecule has 1 N–H and O–H groups in total. The quantitative estimate of drug-likeness (QED) is 0.581. The lowest BCUT2D eigenvalue weighted by Gasteiger charge is -2.04. The van der Waals surface area contributed by atoms with Gasteiger partial charge in [0.1, 0.15) is 18.0 Å². The van der Waals surface area contributed by atoms with Gasteiger partial charge in [-0.05, 0) is 25.1 Å². The van der Waals surface area contributed by atoms with Crippen molar-refractivity contribution in [3.05, 3.63) is 76.0 Å². The van der Waals surface area contributed by atoms with E-state index in [1.165, 1.54) is 0 Å². The molecule has 2 aromatic heterocycles. The van der Waals surface area contributed by atoms with Crippen molar-refractivity contribution in [2.24, 2.45) is 0 Å². The van der Waals surface area contributed by atoms with Gasteiger partial charge in [0.2, 0.25) is 5.76 Å². The second-order valence-corrected chi connectivity index (χ2v) is 5.66. The molecule has 6 nitrogen and oxygen atoms in total. The van der Waals surface area contributed by atoms with Gasteiger partial charge < -0.3 is 14.1 Å². The molecule has 0 amide bonds. The van der Waals surface area contributed by atoms with Crippen molar-refractivity contribution in [3.8, 4) is 0 Å². The predicted octanol–water partition coefficient (Wildman–Crippen LogP) is 3.33. The molecule has 4 aromatic rings. The van der Waals surface area contributed by atoms with Crippen molar-refractivity contribution < 1.29 is 13.9 Å². The van der Waals surface area contributed by atoms with Crippen LogP contribution in [0.1, 0.15) is 21.9 Å². The van der Waals surface area contributed by atoms with Gasteiger partial charge in [-0.3, -0.25) is 4.79 Å². The zero-order valence-corrected chi connectivity index (χ0v) is 13.4. The summed E-state index contributed by atoms with van der Waals surface area (Å²) in [5.74, 6) is -0.153. The Kier molecular flexibility index (Phi) is 3.57. The number of ether oxygens (including phenoxy) is 1. The van der Waals surface area contributed by atoms with E-state index in [0.717, 1.165) is 10.9 Å². The molecule has 2 heterocycles. The molecule has 0 atom stereocenters. The van der Waals surface area contributed by atoms with Crippen LogP contribution in [0.4, 0.5) is 0 Å². The van der Waals surface area contributed by atoms with E-state index in [1.54, 1.807) is 37.3 Å². The fraction of sp³-hybridized carbons (Fsp3) is 0.105. The normalized spacial score (nSPS) is 11.1. The smallest absolute Gasteiger partial charge is 0.375 e. The van der Waals surface area contributed by atoms with Gasteiger partial charge in [0, 0.05) is 10.9 Å². The Hall–Kier alpha value is -3.41. The molecule has 0 aliphatic carbocycles. The van der Waals surface area contributed by atoms with E-state index in [9.17, 15) is 9.59 Å². The van der Waals surface area contributed by atoms with Crippen LogP contribution in [0.25, 0.3) is 21.9 Å². The van der Waals surface area contributed by atoms with Crippen LogP contribution >= 0.6 is 0 Å². The Morgan fingerprint density at radius 3 is 2.64 bits per heavy atom. The largest absolute Gasteiger partial charge is 0.452 e. The van der Waals surface area contributed by atoms with E-state index in [1.807, 2.05) is 18.2 Å². The van der Waals surface area contributed by atoms with Crippen LogP contribution in [-0.4, -0.2) is 15.9 Å². The minimum absolute atomic E-state index is 0.143. The number of nitrogens with zero attached hydrogens (tertiary/aromatic N) is 1. The topological polar surface area (TPSA) is 85.2 Å². The van der Waals surface area contributed by atoms with E-state index in [-0.39, 0.29) is 23.8 Å². The van der Waals surface area contributed by atoms with E-state index in [4.69, 9.17) is 9.15 Å². The van der Waals surface area contributed by atoms with Crippen molar-refractivity contribution in [3.63, 3.8) is 0 Å². The summed E-state index contributed by atoms with van der Waals surface area (Å²) in [6, 6.07) is 14.4. The van der Waals surface area contributed by atoms with E-state index in [2.05, 4.69) is 9.97 Å². The molecule has 4 rings (SSSR count). The molecule has 25 heavy (non-hydrogen) atoms. The Labute approximate surface area is 142 Å². The maximum atomic E-state index is 12.3. The number of hydrogen-bond donors (Lipinski definition) is 1. The zero-order chi connectivity index (χ0) is 17.4. The molecule has 6 heteroatoms. The molecule has 0 unspecified atom stereocenters. The van der Waals surface area contributed by atoms with Crippen LogP contribution in [0.3, 0.4) is 0 Å². The maximum absolute atomic E-state index is 12.3. The van der Waals surface area contributed by atoms with Crippen LogP contribution in [0.15, 0.2) is 57.7 Å². The highest BCUT2D eigenvalue weighted by Crippen LogP contribution is 2.25. The van der Waals surface area contributed by atoms with Gasteiger partial charge in [-0.1, -0.05) is 30.3 Å². The minimum atomic E-state index is -0.593. The molecule has 0 aliphatic rings. The summed E-state index contributed by atoms with van der Waals surface area (Å²) < 4.78 is 10.8. The highest BCUT2D eigenvalue weighted by Gasteiger charge is 2.19. The molecule has 2 aromatic carbocycles.